The van der Waals surface area contributed by atoms with Gasteiger partial charge in [0.2, 0.25) is 0 Å². The zero-order valence-electron chi connectivity index (χ0n) is 11.2. The molecule has 0 bridgehead atoms. The molecule has 0 heterocycles. The van der Waals surface area contributed by atoms with Gasteiger partial charge in [-0.25, -0.2) is 8.42 Å². The highest BCUT2D eigenvalue weighted by Crippen LogP contribution is 2.36. The normalized spacial score (nSPS) is 11.2. The molecule has 0 aliphatic heterocycles. The average Bonchev–Trinajstić information content (AvgIpc) is 2.36. The summed E-state index contributed by atoms with van der Waals surface area (Å²) in [5, 5.41) is 2.58. The maximum atomic E-state index is 11.5. The maximum Gasteiger partial charge on any atom is 0.261 e. The third kappa shape index (κ3) is 5.90. The van der Waals surface area contributed by atoms with Gasteiger partial charge < -0.3 is 10.1 Å². The van der Waals surface area contributed by atoms with Gasteiger partial charge in [0.05, 0.1) is 14.9 Å². The Hall–Kier alpha value is -0.690. The second-order valence-electron chi connectivity index (χ2n) is 4.15. The number of hydrogen-bond acceptors (Lipinski definition) is 4. The summed E-state index contributed by atoms with van der Waals surface area (Å²) in [7, 11) is 1.26. The fraction of sp³-hybridized carbons (Fsp3) is 0.417. The monoisotopic (exact) mass is 373 g/mol. The van der Waals surface area contributed by atoms with E-state index in [1.165, 1.54) is 0 Å². The number of halogens is 3. The number of unbranched alkanes of at least 4 members (excludes halogenated alkanes) is 1. The van der Waals surface area contributed by atoms with Crippen molar-refractivity contribution in [1.82, 2.24) is 5.32 Å². The van der Waals surface area contributed by atoms with Crippen LogP contribution in [0.2, 0.25) is 10.0 Å². The van der Waals surface area contributed by atoms with E-state index < -0.39 is 9.05 Å². The van der Waals surface area contributed by atoms with Crippen molar-refractivity contribution >= 4 is 48.8 Å². The first-order chi connectivity index (χ1) is 9.75. The Balaban J connectivity index is 2.75. The molecule has 1 rings (SSSR count). The van der Waals surface area contributed by atoms with Crippen molar-refractivity contribution in [3.63, 3.8) is 0 Å². The van der Waals surface area contributed by atoms with E-state index in [1.807, 2.05) is 6.92 Å². The molecular weight excluding hydrogens is 361 g/mol. The predicted octanol–water partition coefficient (Wildman–Crippen LogP) is 3.22. The second-order valence-corrected chi connectivity index (χ2v) is 7.53. The maximum absolute atomic E-state index is 11.5. The summed E-state index contributed by atoms with van der Waals surface area (Å²) in [4.78, 5) is 11.3. The molecule has 0 saturated carbocycles. The molecule has 0 aromatic heterocycles. The molecule has 9 heteroatoms. The van der Waals surface area contributed by atoms with E-state index in [1.54, 1.807) is 0 Å². The van der Waals surface area contributed by atoms with Gasteiger partial charge in [-0.15, -0.1) is 0 Å². The number of hydrogen-bond donors (Lipinski definition) is 1. The van der Waals surface area contributed by atoms with Crippen LogP contribution in [-0.4, -0.2) is 27.5 Å². The molecule has 0 atom stereocenters. The molecule has 1 amide bonds. The van der Waals surface area contributed by atoms with Crippen molar-refractivity contribution in [3.05, 3.63) is 22.2 Å². The van der Waals surface area contributed by atoms with Crippen LogP contribution >= 0.6 is 33.9 Å². The largest absolute Gasteiger partial charge is 0.481 e. The summed E-state index contributed by atoms with van der Waals surface area (Å²) < 4.78 is 27.6. The lowest BCUT2D eigenvalue weighted by Crippen LogP contribution is -2.29. The molecule has 118 valence electrons. The van der Waals surface area contributed by atoms with Gasteiger partial charge in [0.15, 0.2) is 12.4 Å². The number of benzene rings is 1. The Labute approximate surface area is 137 Å². The summed E-state index contributed by atoms with van der Waals surface area (Å²) in [6.45, 7) is 2.30. The SMILES string of the molecule is CCCCNC(=O)COc1c(Cl)cc(S(=O)(=O)Cl)cc1Cl. The highest BCUT2D eigenvalue weighted by atomic mass is 35.7. The van der Waals surface area contributed by atoms with Crippen LogP contribution in [0.25, 0.3) is 0 Å². The Morgan fingerprint density at radius 1 is 1.29 bits per heavy atom. The quantitative estimate of drug-likeness (QED) is 0.587. The first-order valence-corrected chi connectivity index (χ1v) is 9.15. The van der Waals surface area contributed by atoms with Crippen LogP contribution in [0.1, 0.15) is 19.8 Å². The molecule has 1 N–H and O–H groups in total. The van der Waals surface area contributed by atoms with E-state index in [4.69, 9.17) is 38.6 Å². The minimum atomic E-state index is -3.94. The zero-order valence-corrected chi connectivity index (χ0v) is 14.2. The van der Waals surface area contributed by atoms with Crippen LogP contribution < -0.4 is 10.1 Å². The van der Waals surface area contributed by atoms with E-state index >= 15 is 0 Å². The molecule has 1 aromatic carbocycles. The lowest BCUT2D eigenvalue weighted by Gasteiger charge is -2.11. The number of amides is 1. The summed E-state index contributed by atoms with van der Waals surface area (Å²) in [5.41, 5.74) is 0. The van der Waals surface area contributed by atoms with Gasteiger partial charge in [-0.2, -0.15) is 0 Å². The number of carbonyl (C=O) groups is 1. The number of ether oxygens (including phenoxy) is 1. The lowest BCUT2D eigenvalue weighted by molar-refractivity contribution is -0.123. The smallest absolute Gasteiger partial charge is 0.261 e. The van der Waals surface area contributed by atoms with Crippen molar-refractivity contribution in [2.75, 3.05) is 13.2 Å². The Morgan fingerprint density at radius 2 is 1.86 bits per heavy atom. The summed E-state index contributed by atoms with van der Waals surface area (Å²) in [5.74, 6) is -0.280. The second kappa shape index (κ2) is 8.08. The minimum Gasteiger partial charge on any atom is -0.481 e. The first-order valence-electron chi connectivity index (χ1n) is 6.09. The predicted molar refractivity (Wildman–Crippen MR) is 82.9 cm³/mol. The number of carbonyl (C=O) groups excluding carboxylic acids is 1. The Kier molecular flexibility index (Phi) is 7.06. The fourth-order valence-electron chi connectivity index (χ4n) is 1.41. The van der Waals surface area contributed by atoms with Gasteiger partial charge in [-0.3, -0.25) is 4.79 Å². The molecule has 0 aliphatic carbocycles. The van der Waals surface area contributed by atoms with Crippen molar-refractivity contribution in [2.45, 2.75) is 24.7 Å². The molecule has 1 aromatic rings. The van der Waals surface area contributed by atoms with Gasteiger partial charge in [-0.05, 0) is 18.6 Å². The van der Waals surface area contributed by atoms with Crippen LogP contribution in [-0.2, 0) is 13.8 Å². The Bertz CT molecular complexity index is 596. The van der Waals surface area contributed by atoms with Crippen molar-refractivity contribution in [1.29, 1.82) is 0 Å². The van der Waals surface area contributed by atoms with Crippen molar-refractivity contribution < 1.29 is 17.9 Å². The standard InChI is InChI=1S/C12H14Cl3NO4S/c1-2-3-4-16-11(17)7-20-12-9(13)5-8(6-10(12)14)21(15,18)19/h5-6H,2-4,7H2,1H3,(H,16,17). The Morgan fingerprint density at radius 3 is 2.33 bits per heavy atom. The molecule has 0 radical (unpaired) electrons. The highest BCUT2D eigenvalue weighted by molar-refractivity contribution is 8.13. The fourth-order valence-corrected chi connectivity index (χ4v) is 2.92. The van der Waals surface area contributed by atoms with Crippen LogP contribution in [0.4, 0.5) is 0 Å². The van der Waals surface area contributed by atoms with E-state index in [2.05, 4.69) is 5.32 Å². The average molecular weight is 375 g/mol. The van der Waals surface area contributed by atoms with Crippen molar-refractivity contribution in [3.8, 4) is 5.75 Å². The molecule has 21 heavy (non-hydrogen) atoms. The number of nitrogens with one attached hydrogen (secondary N) is 1. The molecule has 0 saturated heterocycles. The van der Waals surface area contributed by atoms with Gasteiger partial charge in [-0.1, -0.05) is 36.5 Å². The number of rotatable bonds is 7. The first kappa shape index (κ1) is 18.4. The van der Waals surface area contributed by atoms with Crippen LogP contribution in [0, 0.1) is 0 Å². The molecular formula is C12H14Cl3NO4S. The molecule has 0 aliphatic rings. The van der Waals surface area contributed by atoms with Crippen LogP contribution in [0.5, 0.6) is 5.75 Å². The topological polar surface area (TPSA) is 72.5 Å². The summed E-state index contributed by atoms with van der Waals surface area (Å²) >= 11 is 11.8. The zero-order chi connectivity index (χ0) is 16.0. The van der Waals surface area contributed by atoms with Crippen LogP contribution in [0.15, 0.2) is 17.0 Å². The van der Waals surface area contributed by atoms with E-state index in [9.17, 15) is 13.2 Å². The van der Waals surface area contributed by atoms with Gasteiger partial charge in [0, 0.05) is 17.2 Å². The molecule has 5 nitrogen and oxygen atoms in total. The van der Waals surface area contributed by atoms with Gasteiger partial charge >= 0.3 is 0 Å². The molecule has 0 spiro atoms. The summed E-state index contributed by atoms with van der Waals surface area (Å²) in [6.07, 6.45) is 1.84. The van der Waals surface area contributed by atoms with E-state index in [0.29, 0.717) is 6.54 Å². The van der Waals surface area contributed by atoms with E-state index in [-0.39, 0.29) is 33.2 Å². The molecule has 0 fully saturated rings. The summed E-state index contributed by atoms with van der Waals surface area (Å²) in [6, 6.07) is 2.22. The lowest BCUT2D eigenvalue weighted by atomic mass is 10.3. The third-order valence-corrected chi connectivity index (χ3v) is 4.35. The third-order valence-electron chi connectivity index (χ3n) is 2.45. The van der Waals surface area contributed by atoms with Crippen molar-refractivity contribution in [2.24, 2.45) is 0 Å². The van der Waals surface area contributed by atoms with Gasteiger partial charge in [0.1, 0.15) is 0 Å². The minimum absolute atomic E-state index is 0.0352. The molecule has 0 unspecified atom stereocenters. The van der Waals surface area contributed by atoms with E-state index in [0.717, 1.165) is 25.0 Å². The van der Waals surface area contributed by atoms with Crippen LogP contribution in [0.3, 0.4) is 0 Å². The van der Waals surface area contributed by atoms with Gasteiger partial charge in [0.25, 0.3) is 15.0 Å². The highest BCUT2D eigenvalue weighted by Gasteiger charge is 2.17.